The van der Waals surface area contributed by atoms with Crippen LogP contribution < -0.4 is 5.32 Å². The minimum absolute atomic E-state index is 0.279. The SMILES string of the molecule is CNC(c1ccc(COC)o1)C1CCCCS1(=O)=O. The Labute approximate surface area is 114 Å². The van der Waals surface area contributed by atoms with E-state index in [1.54, 1.807) is 14.2 Å². The maximum atomic E-state index is 12.2. The van der Waals surface area contributed by atoms with E-state index in [2.05, 4.69) is 5.32 Å². The molecule has 0 amide bonds. The summed E-state index contributed by atoms with van der Waals surface area (Å²) in [6.07, 6.45) is 2.41. The second-order valence-corrected chi connectivity index (χ2v) is 7.24. The lowest BCUT2D eigenvalue weighted by Crippen LogP contribution is -2.39. The van der Waals surface area contributed by atoms with Gasteiger partial charge in [0, 0.05) is 7.11 Å². The smallest absolute Gasteiger partial charge is 0.155 e. The summed E-state index contributed by atoms with van der Waals surface area (Å²) in [5, 5.41) is 2.69. The van der Waals surface area contributed by atoms with Crippen molar-refractivity contribution in [1.29, 1.82) is 0 Å². The molecule has 1 fully saturated rings. The van der Waals surface area contributed by atoms with Crippen molar-refractivity contribution in [2.75, 3.05) is 19.9 Å². The van der Waals surface area contributed by atoms with Crippen LogP contribution in [0.2, 0.25) is 0 Å². The van der Waals surface area contributed by atoms with E-state index >= 15 is 0 Å². The largest absolute Gasteiger partial charge is 0.462 e. The Morgan fingerprint density at radius 3 is 2.89 bits per heavy atom. The molecule has 1 aromatic rings. The molecule has 2 unspecified atom stereocenters. The number of hydrogen-bond acceptors (Lipinski definition) is 5. The summed E-state index contributed by atoms with van der Waals surface area (Å²) in [5.41, 5.74) is 0. The van der Waals surface area contributed by atoms with Crippen molar-refractivity contribution in [3.63, 3.8) is 0 Å². The number of furan rings is 1. The third-order valence-corrected chi connectivity index (χ3v) is 5.88. The summed E-state index contributed by atoms with van der Waals surface area (Å²) < 4.78 is 35.0. The van der Waals surface area contributed by atoms with Crippen LogP contribution in [-0.4, -0.2) is 33.6 Å². The van der Waals surface area contributed by atoms with Crippen LogP contribution in [0.15, 0.2) is 16.5 Å². The average Bonchev–Trinajstić information content (AvgIpc) is 2.81. The molecule has 1 aliphatic heterocycles. The monoisotopic (exact) mass is 287 g/mol. The highest BCUT2D eigenvalue weighted by Gasteiger charge is 2.37. The van der Waals surface area contributed by atoms with Crippen molar-refractivity contribution >= 4 is 9.84 Å². The minimum atomic E-state index is -3.04. The summed E-state index contributed by atoms with van der Waals surface area (Å²) in [6.45, 7) is 0.397. The summed E-state index contributed by atoms with van der Waals surface area (Å²) in [6, 6.07) is 3.38. The van der Waals surface area contributed by atoms with Gasteiger partial charge in [0.25, 0.3) is 0 Å². The van der Waals surface area contributed by atoms with Crippen LogP contribution in [0.4, 0.5) is 0 Å². The average molecular weight is 287 g/mol. The maximum absolute atomic E-state index is 12.2. The Kier molecular flexibility index (Phi) is 4.65. The number of sulfone groups is 1. The number of hydrogen-bond donors (Lipinski definition) is 1. The molecule has 2 rings (SSSR count). The molecule has 0 saturated carbocycles. The Morgan fingerprint density at radius 2 is 2.26 bits per heavy atom. The topological polar surface area (TPSA) is 68.5 Å². The molecular weight excluding hydrogens is 266 g/mol. The van der Waals surface area contributed by atoms with Gasteiger partial charge in [-0.15, -0.1) is 0 Å². The molecule has 0 spiro atoms. The van der Waals surface area contributed by atoms with Crippen LogP contribution in [-0.2, 0) is 21.2 Å². The molecule has 0 bridgehead atoms. The second kappa shape index (κ2) is 6.07. The summed E-state index contributed by atoms with van der Waals surface area (Å²) >= 11 is 0. The van der Waals surface area contributed by atoms with E-state index in [0.29, 0.717) is 24.5 Å². The van der Waals surface area contributed by atoms with Gasteiger partial charge in [0.1, 0.15) is 18.1 Å². The fraction of sp³-hybridized carbons (Fsp3) is 0.692. The lowest BCUT2D eigenvalue weighted by molar-refractivity contribution is 0.161. The van der Waals surface area contributed by atoms with Crippen LogP contribution in [0.3, 0.4) is 0 Å². The zero-order valence-electron chi connectivity index (χ0n) is 11.4. The van der Waals surface area contributed by atoms with E-state index < -0.39 is 15.1 Å². The van der Waals surface area contributed by atoms with Crippen molar-refractivity contribution in [3.8, 4) is 0 Å². The van der Waals surface area contributed by atoms with Crippen LogP contribution in [0, 0.1) is 0 Å². The molecule has 1 N–H and O–H groups in total. The molecule has 6 heteroatoms. The first-order valence-corrected chi connectivity index (χ1v) is 8.26. The Hall–Kier alpha value is -0.850. The third-order valence-electron chi connectivity index (χ3n) is 3.59. The molecule has 0 aliphatic carbocycles. The molecular formula is C13H21NO4S. The third kappa shape index (κ3) is 3.19. The zero-order chi connectivity index (χ0) is 13.9. The van der Waals surface area contributed by atoms with Crippen molar-refractivity contribution < 1.29 is 17.6 Å². The number of nitrogens with one attached hydrogen (secondary N) is 1. The van der Waals surface area contributed by atoms with Crippen molar-refractivity contribution in [2.45, 2.75) is 37.2 Å². The van der Waals surface area contributed by atoms with Crippen LogP contribution in [0.5, 0.6) is 0 Å². The van der Waals surface area contributed by atoms with E-state index in [-0.39, 0.29) is 11.8 Å². The summed E-state index contributed by atoms with van der Waals surface area (Å²) in [7, 11) is 0.332. The Morgan fingerprint density at radius 1 is 1.47 bits per heavy atom. The number of ether oxygens (including phenoxy) is 1. The van der Waals surface area contributed by atoms with Gasteiger partial charge in [-0.05, 0) is 32.0 Å². The second-order valence-electron chi connectivity index (χ2n) is 4.90. The predicted molar refractivity (Wildman–Crippen MR) is 72.6 cm³/mol. The lowest BCUT2D eigenvalue weighted by atomic mass is 10.1. The number of rotatable bonds is 5. The van der Waals surface area contributed by atoms with Crippen LogP contribution >= 0.6 is 0 Å². The minimum Gasteiger partial charge on any atom is -0.462 e. The standard InChI is InChI=1S/C13H21NO4S/c1-14-13(11-7-6-10(18-11)9-17-2)12-5-3-4-8-19(12,15)16/h6-7,12-14H,3-5,8-9H2,1-2H3. The molecule has 108 valence electrons. The highest BCUT2D eigenvalue weighted by molar-refractivity contribution is 7.92. The van der Waals surface area contributed by atoms with Crippen molar-refractivity contribution in [3.05, 3.63) is 23.7 Å². The van der Waals surface area contributed by atoms with Crippen molar-refractivity contribution in [2.24, 2.45) is 0 Å². The van der Waals surface area contributed by atoms with Gasteiger partial charge in [-0.1, -0.05) is 6.42 Å². The first-order chi connectivity index (χ1) is 9.08. The van der Waals surface area contributed by atoms with Gasteiger partial charge in [-0.3, -0.25) is 0 Å². The summed E-state index contributed by atoms with van der Waals surface area (Å²) in [4.78, 5) is 0. The fourth-order valence-electron chi connectivity index (χ4n) is 2.65. The quantitative estimate of drug-likeness (QED) is 0.892. The van der Waals surface area contributed by atoms with E-state index in [1.165, 1.54) is 0 Å². The Balaban J connectivity index is 2.22. The molecule has 2 atom stereocenters. The van der Waals surface area contributed by atoms with Gasteiger partial charge in [0.15, 0.2) is 9.84 Å². The van der Waals surface area contributed by atoms with Gasteiger partial charge < -0.3 is 14.5 Å². The molecule has 19 heavy (non-hydrogen) atoms. The maximum Gasteiger partial charge on any atom is 0.155 e. The van der Waals surface area contributed by atoms with E-state index in [4.69, 9.17) is 9.15 Å². The molecule has 5 nitrogen and oxygen atoms in total. The molecule has 1 saturated heterocycles. The lowest BCUT2D eigenvalue weighted by Gasteiger charge is -2.28. The van der Waals surface area contributed by atoms with E-state index in [9.17, 15) is 8.42 Å². The summed E-state index contributed by atoms with van der Waals surface area (Å²) in [5.74, 6) is 1.66. The normalized spacial score (nSPS) is 24.2. The van der Waals surface area contributed by atoms with Crippen LogP contribution in [0.1, 0.15) is 36.8 Å². The van der Waals surface area contributed by atoms with Gasteiger partial charge in [-0.25, -0.2) is 8.42 Å². The first-order valence-electron chi connectivity index (χ1n) is 6.55. The molecule has 2 heterocycles. The molecule has 0 radical (unpaired) electrons. The zero-order valence-corrected chi connectivity index (χ0v) is 12.2. The number of methoxy groups -OCH3 is 1. The molecule has 0 aromatic carbocycles. The molecule has 1 aliphatic rings. The highest BCUT2D eigenvalue weighted by atomic mass is 32.2. The predicted octanol–water partition coefficient (Wildman–Crippen LogP) is 1.65. The van der Waals surface area contributed by atoms with Gasteiger partial charge in [-0.2, -0.15) is 0 Å². The fourth-order valence-corrected chi connectivity index (χ4v) is 4.77. The van der Waals surface area contributed by atoms with E-state index in [0.717, 1.165) is 12.8 Å². The first kappa shape index (κ1) is 14.6. The molecule has 1 aromatic heterocycles. The van der Waals surface area contributed by atoms with Gasteiger partial charge in [0.05, 0.1) is 17.0 Å². The Bertz CT molecular complexity index is 508. The van der Waals surface area contributed by atoms with Crippen molar-refractivity contribution in [1.82, 2.24) is 5.32 Å². The van der Waals surface area contributed by atoms with Gasteiger partial charge >= 0.3 is 0 Å². The van der Waals surface area contributed by atoms with Crippen LogP contribution in [0.25, 0.3) is 0 Å². The van der Waals surface area contributed by atoms with E-state index in [1.807, 2.05) is 12.1 Å². The highest BCUT2D eigenvalue weighted by Crippen LogP contribution is 2.31. The van der Waals surface area contributed by atoms with Gasteiger partial charge in [0.2, 0.25) is 0 Å².